The lowest BCUT2D eigenvalue weighted by Crippen LogP contribution is -2.34. The van der Waals surface area contributed by atoms with Crippen LogP contribution >= 0.6 is 23.4 Å². The number of halogens is 1. The first-order valence-electron chi connectivity index (χ1n) is 9.01. The number of carbonyl (C=O) groups excluding carboxylic acids is 1. The van der Waals surface area contributed by atoms with E-state index in [1.807, 2.05) is 44.2 Å². The van der Waals surface area contributed by atoms with Crippen LogP contribution in [0.2, 0.25) is 5.02 Å². The fraction of sp³-hybridized carbons (Fsp3) is 0.450. The normalized spacial score (nSPS) is 15.8. The van der Waals surface area contributed by atoms with Gasteiger partial charge < -0.3 is 5.32 Å². The van der Waals surface area contributed by atoms with Crippen LogP contribution in [0.3, 0.4) is 0 Å². The molecule has 2 aromatic rings. The summed E-state index contributed by atoms with van der Waals surface area (Å²) in [7, 11) is 0. The van der Waals surface area contributed by atoms with Crippen LogP contribution in [0, 0.1) is 19.8 Å². The Balaban J connectivity index is 1.65. The van der Waals surface area contributed by atoms with Gasteiger partial charge in [-0.15, -0.1) is 0 Å². The first-order valence-corrected chi connectivity index (χ1v) is 10.4. The van der Waals surface area contributed by atoms with Crippen LogP contribution in [0.1, 0.15) is 48.7 Å². The molecule has 0 spiro atoms. The lowest BCUT2D eigenvalue weighted by Gasteiger charge is -2.25. The Hall–Kier alpha value is -1.59. The quantitative estimate of drug-likeness (QED) is 0.564. The average Bonchev–Trinajstić information content (AvgIpc) is 3.12. The highest BCUT2D eigenvalue weighted by Crippen LogP contribution is 2.36. The predicted octanol–water partition coefficient (Wildman–Crippen LogP) is 4.89. The lowest BCUT2D eigenvalue weighted by molar-refractivity contribution is -0.119. The van der Waals surface area contributed by atoms with Gasteiger partial charge in [-0.05, 0) is 56.4 Å². The fourth-order valence-corrected chi connectivity index (χ4v) is 4.42. The molecular weight excluding hydrogens is 366 g/mol. The molecule has 1 aliphatic carbocycles. The maximum atomic E-state index is 12.6. The maximum Gasteiger partial charge on any atom is 0.230 e. The van der Waals surface area contributed by atoms with E-state index in [9.17, 15) is 4.79 Å². The number of carbonyl (C=O) groups is 1. The lowest BCUT2D eigenvalue weighted by atomic mass is 9.91. The topological polar surface area (TPSA) is 54.9 Å². The molecule has 6 heteroatoms. The summed E-state index contributed by atoms with van der Waals surface area (Å²) in [6, 6.07) is 9.80. The van der Waals surface area contributed by atoms with Crippen molar-refractivity contribution in [3.05, 3.63) is 52.3 Å². The molecule has 1 amide bonds. The number of aromatic nitrogens is 2. The van der Waals surface area contributed by atoms with Gasteiger partial charge in [0, 0.05) is 16.4 Å². The van der Waals surface area contributed by atoms with Crippen LogP contribution in [0.25, 0.3) is 0 Å². The molecule has 1 saturated carbocycles. The molecule has 4 nitrogen and oxygen atoms in total. The van der Waals surface area contributed by atoms with Crippen molar-refractivity contribution in [3.8, 4) is 0 Å². The van der Waals surface area contributed by atoms with E-state index < -0.39 is 0 Å². The number of nitrogens with one attached hydrogen (secondary N) is 1. The summed E-state index contributed by atoms with van der Waals surface area (Å²) >= 11 is 7.40. The van der Waals surface area contributed by atoms with Crippen LogP contribution < -0.4 is 5.32 Å². The molecule has 1 fully saturated rings. The second-order valence-corrected chi connectivity index (χ2v) is 8.24. The molecule has 0 saturated heterocycles. The minimum Gasteiger partial charge on any atom is -0.348 e. The van der Waals surface area contributed by atoms with Gasteiger partial charge >= 0.3 is 0 Å². The molecule has 26 heavy (non-hydrogen) atoms. The number of hydrogen-bond donors (Lipinski definition) is 1. The molecule has 0 bridgehead atoms. The third-order valence-corrected chi connectivity index (χ3v) is 5.81. The summed E-state index contributed by atoms with van der Waals surface area (Å²) in [4.78, 5) is 21.4. The largest absolute Gasteiger partial charge is 0.348 e. The van der Waals surface area contributed by atoms with E-state index in [1.165, 1.54) is 24.6 Å². The second kappa shape index (κ2) is 8.87. The molecule has 1 aromatic heterocycles. The zero-order valence-electron chi connectivity index (χ0n) is 15.2. The van der Waals surface area contributed by atoms with Crippen molar-refractivity contribution in [2.24, 2.45) is 5.92 Å². The highest BCUT2D eigenvalue weighted by molar-refractivity contribution is 7.99. The standard InChI is InChI=1S/C20H24ClN3OS/c1-13-11-14(2)23-20(22-13)26-12-18(25)24-19(15-5-3-4-6-15)16-7-9-17(21)10-8-16/h7-11,15,19H,3-6,12H2,1-2H3,(H,24,25). The molecule has 1 atom stereocenters. The first kappa shape index (κ1) is 19.2. The summed E-state index contributed by atoms with van der Waals surface area (Å²) in [6.45, 7) is 3.88. The minimum absolute atomic E-state index is 0.0182. The number of amides is 1. The zero-order valence-corrected chi connectivity index (χ0v) is 16.7. The summed E-state index contributed by atoms with van der Waals surface area (Å²) in [5.74, 6) is 0.826. The van der Waals surface area contributed by atoms with Crippen LogP contribution in [0.4, 0.5) is 0 Å². The smallest absolute Gasteiger partial charge is 0.230 e. The molecular formula is C20H24ClN3OS. The monoisotopic (exact) mass is 389 g/mol. The maximum absolute atomic E-state index is 12.6. The van der Waals surface area contributed by atoms with Crippen LogP contribution in [0.15, 0.2) is 35.5 Å². The number of hydrogen-bond acceptors (Lipinski definition) is 4. The van der Waals surface area contributed by atoms with E-state index in [-0.39, 0.29) is 11.9 Å². The van der Waals surface area contributed by atoms with E-state index >= 15 is 0 Å². The van der Waals surface area contributed by atoms with Gasteiger partial charge in [0.2, 0.25) is 5.91 Å². The zero-order chi connectivity index (χ0) is 18.5. The van der Waals surface area contributed by atoms with Crippen molar-refractivity contribution >= 4 is 29.3 Å². The van der Waals surface area contributed by atoms with Crippen molar-refractivity contribution in [3.63, 3.8) is 0 Å². The van der Waals surface area contributed by atoms with Gasteiger partial charge in [-0.3, -0.25) is 4.79 Å². The average molecular weight is 390 g/mol. The van der Waals surface area contributed by atoms with Crippen LogP contribution in [0.5, 0.6) is 0 Å². The van der Waals surface area contributed by atoms with Crippen molar-refractivity contribution in [1.29, 1.82) is 0 Å². The molecule has 0 radical (unpaired) electrons. The Labute approximate surface area is 164 Å². The highest BCUT2D eigenvalue weighted by Gasteiger charge is 2.27. The Morgan fingerprint density at radius 2 is 1.81 bits per heavy atom. The molecule has 1 heterocycles. The Morgan fingerprint density at radius 1 is 1.19 bits per heavy atom. The molecule has 1 unspecified atom stereocenters. The van der Waals surface area contributed by atoms with Gasteiger partial charge in [0.15, 0.2) is 5.16 Å². The molecule has 1 aromatic carbocycles. The number of thioether (sulfide) groups is 1. The van der Waals surface area contributed by atoms with Crippen molar-refractivity contribution < 1.29 is 4.79 Å². The third kappa shape index (κ3) is 5.21. The molecule has 1 aliphatic rings. The third-order valence-electron chi connectivity index (χ3n) is 4.71. The molecule has 0 aliphatic heterocycles. The number of nitrogens with zero attached hydrogens (tertiary/aromatic N) is 2. The molecule has 1 N–H and O–H groups in total. The van der Waals surface area contributed by atoms with Crippen molar-refractivity contribution in [1.82, 2.24) is 15.3 Å². The molecule has 138 valence electrons. The molecule has 3 rings (SSSR count). The van der Waals surface area contributed by atoms with Crippen molar-refractivity contribution in [2.75, 3.05) is 5.75 Å². The van der Waals surface area contributed by atoms with Crippen LogP contribution in [-0.4, -0.2) is 21.6 Å². The van der Waals surface area contributed by atoms with E-state index in [4.69, 9.17) is 11.6 Å². The van der Waals surface area contributed by atoms with Gasteiger partial charge in [0.05, 0.1) is 11.8 Å². The highest BCUT2D eigenvalue weighted by atomic mass is 35.5. The Kier molecular flexibility index (Phi) is 6.54. The summed E-state index contributed by atoms with van der Waals surface area (Å²) in [5, 5.41) is 4.61. The summed E-state index contributed by atoms with van der Waals surface area (Å²) < 4.78 is 0. The van der Waals surface area contributed by atoms with Gasteiger partial charge in [-0.2, -0.15) is 0 Å². The van der Waals surface area contributed by atoms with Crippen molar-refractivity contribution in [2.45, 2.75) is 50.7 Å². The van der Waals surface area contributed by atoms with E-state index in [0.29, 0.717) is 21.8 Å². The van der Waals surface area contributed by atoms with E-state index in [2.05, 4.69) is 15.3 Å². The SMILES string of the molecule is Cc1cc(C)nc(SCC(=O)NC(c2ccc(Cl)cc2)C2CCCC2)n1. The minimum atomic E-state index is 0.0182. The fourth-order valence-electron chi connectivity index (χ4n) is 3.54. The van der Waals surface area contributed by atoms with Gasteiger partial charge in [0.25, 0.3) is 0 Å². The van der Waals surface area contributed by atoms with E-state index in [0.717, 1.165) is 29.8 Å². The van der Waals surface area contributed by atoms with Gasteiger partial charge in [0.1, 0.15) is 0 Å². The predicted molar refractivity (Wildman–Crippen MR) is 107 cm³/mol. The van der Waals surface area contributed by atoms with Gasteiger partial charge in [-0.25, -0.2) is 9.97 Å². The first-order chi connectivity index (χ1) is 12.5. The van der Waals surface area contributed by atoms with E-state index in [1.54, 1.807) is 0 Å². The number of benzene rings is 1. The summed E-state index contributed by atoms with van der Waals surface area (Å²) in [5.41, 5.74) is 2.97. The van der Waals surface area contributed by atoms with Crippen LogP contribution in [-0.2, 0) is 4.79 Å². The number of rotatable bonds is 6. The Bertz CT molecular complexity index is 740. The van der Waals surface area contributed by atoms with Gasteiger partial charge in [-0.1, -0.05) is 48.3 Å². The number of aryl methyl sites for hydroxylation is 2. The Morgan fingerprint density at radius 3 is 2.42 bits per heavy atom. The summed E-state index contributed by atoms with van der Waals surface area (Å²) in [6.07, 6.45) is 4.77. The second-order valence-electron chi connectivity index (χ2n) is 6.86.